The van der Waals surface area contributed by atoms with Gasteiger partial charge in [-0.1, -0.05) is 30.3 Å². The number of carboxylic acids is 1. The molecule has 0 saturated heterocycles. The molecule has 0 bridgehead atoms. The summed E-state index contributed by atoms with van der Waals surface area (Å²) in [6, 6.07) is 10.5. The lowest BCUT2D eigenvalue weighted by Crippen LogP contribution is -2.17. The predicted molar refractivity (Wildman–Crippen MR) is 76.6 cm³/mol. The van der Waals surface area contributed by atoms with Gasteiger partial charge in [0.25, 0.3) is 0 Å². The zero-order chi connectivity index (χ0) is 15.4. The molecule has 6 nitrogen and oxygen atoms in total. The summed E-state index contributed by atoms with van der Waals surface area (Å²) in [7, 11) is 1.25. The SMILES string of the molecule is COC(=O)c1c(/C=[N+](\[O-])CC(=O)O)ccc2ccccc12. The second-order valence-corrected chi connectivity index (χ2v) is 4.34. The molecule has 0 saturated carbocycles. The van der Waals surface area contributed by atoms with E-state index in [0.29, 0.717) is 10.9 Å². The summed E-state index contributed by atoms with van der Waals surface area (Å²) in [5.74, 6) is -1.83. The van der Waals surface area contributed by atoms with Crippen molar-refractivity contribution in [2.75, 3.05) is 13.7 Å². The number of benzene rings is 2. The number of esters is 1. The first-order chi connectivity index (χ1) is 10.0. The molecule has 21 heavy (non-hydrogen) atoms. The summed E-state index contributed by atoms with van der Waals surface area (Å²) in [5.41, 5.74) is 0.554. The Balaban J connectivity index is 2.63. The third kappa shape index (κ3) is 3.17. The maximum Gasteiger partial charge on any atom is 0.371 e. The summed E-state index contributed by atoms with van der Waals surface area (Å²) >= 11 is 0. The minimum atomic E-state index is -1.25. The van der Waals surface area contributed by atoms with Crippen LogP contribution in [-0.4, -0.2) is 41.7 Å². The molecular formula is C15H13NO5. The number of rotatable bonds is 4. The van der Waals surface area contributed by atoms with Gasteiger partial charge in [-0.2, -0.15) is 4.74 Å². The Bertz CT molecular complexity index is 736. The molecule has 0 aromatic heterocycles. The summed E-state index contributed by atoms with van der Waals surface area (Å²) in [5, 5.41) is 21.6. The van der Waals surface area contributed by atoms with E-state index in [4.69, 9.17) is 9.84 Å². The van der Waals surface area contributed by atoms with Crippen LogP contribution in [0.25, 0.3) is 10.8 Å². The number of hydrogen-bond acceptors (Lipinski definition) is 4. The molecule has 2 rings (SSSR count). The Morgan fingerprint density at radius 1 is 1.29 bits per heavy atom. The molecule has 0 unspecified atom stereocenters. The number of ether oxygens (including phenoxy) is 1. The second-order valence-electron chi connectivity index (χ2n) is 4.34. The standard InChI is InChI=1S/C15H13NO5/c1-21-15(19)14-11(8-16(20)9-13(17)18)7-6-10-4-2-3-5-12(10)14/h2-8H,9H2,1H3,(H,17,18)/b16-8-. The number of fused-ring (bicyclic) bond motifs is 1. The van der Waals surface area contributed by atoms with Gasteiger partial charge in [0, 0.05) is 0 Å². The highest BCUT2D eigenvalue weighted by Crippen LogP contribution is 2.22. The average molecular weight is 287 g/mol. The molecule has 0 spiro atoms. The van der Waals surface area contributed by atoms with Gasteiger partial charge >= 0.3 is 11.9 Å². The van der Waals surface area contributed by atoms with Crippen LogP contribution in [0.2, 0.25) is 0 Å². The first-order valence-corrected chi connectivity index (χ1v) is 6.13. The maximum atomic E-state index is 12.0. The smallest absolute Gasteiger partial charge is 0.371 e. The first-order valence-electron chi connectivity index (χ1n) is 6.13. The van der Waals surface area contributed by atoms with Crippen molar-refractivity contribution >= 4 is 28.9 Å². The number of hydroxylamine groups is 1. The predicted octanol–water partition coefficient (Wildman–Crippen LogP) is 1.64. The van der Waals surface area contributed by atoms with Crippen LogP contribution in [0, 0.1) is 5.21 Å². The van der Waals surface area contributed by atoms with Gasteiger partial charge < -0.3 is 15.1 Å². The van der Waals surface area contributed by atoms with Crippen LogP contribution in [0.15, 0.2) is 36.4 Å². The number of nitrogens with zero attached hydrogens (tertiary/aromatic N) is 1. The molecule has 2 aromatic carbocycles. The van der Waals surface area contributed by atoms with Crippen molar-refractivity contribution in [3.05, 3.63) is 52.7 Å². The molecule has 0 atom stereocenters. The van der Waals surface area contributed by atoms with Crippen molar-refractivity contribution < 1.29 is 24.2 Å². The number of hydrogen-bond donors (Lipinski definition) is 1. The van der Waals surface area contributed by atoms with Crippen molar-refractivity contribution in [3.8, 4) is 0 Å². The number of carboxylic acid groups (broad SMARTS) is 1. The maximum absolute atomic E-state index is 12.0. The molecule has 0 amide bonds. The number of carbonyl (C=O) groups is 2. The summed E-state index contributed by atoms with van der Waals surface area (Å²) < 4.78 is 5.01. The van der Waals surface area contributed by atoms with Crippen molar-refractivity contribution in [3.63, 3.8) is 0 Å². The topological polar surface area (TPSA) is 89.7 Å². The minimum absolute atomic E-state index is 0.238. The molecule has 0 aliphatic carbocycles. The third-order valence-electron chi connectivity index (χ3n) is 2.92. The minimum Gasteiger partial charge on any atom is -0.623 e. The summed E-state index contributed by atoms with van der Waals surface area (Å²) in [4.78, 5) is 22.5. The van der Waals surface area contributed by atoms with E-state index in [1.165, 1.54) is 7.11 Å². The van der Waals surface area contributed by atoms with Gasteiger partial charge in [-0.25, -0.2) is 9.59 Å². The second kappa shape index (κ2) is 6.04. The Morgan fingerprint density at radius 2 is 2.00 bits per heavy atom. The van der Waals surface area contributed by atoms with Crippen molar-refractivity contribution in [1.82, 2.24) is 0 Å². The first kappa shape index (κ1) is 14.5. The van der Waals surface area contributed by atoms with Crippen molar-refractivity contribution in [1.29, 1.82) is 0 Å². The quantitative estimate of drug-likeness (QED) is 0.303. The highest BCUT2D eigenvalue weighted by atomic mass is 16.5. The van der Waals surface area contributed by atoms with Gasteiger partial charge in [-0.05, 0) is 16.8 Å². The summed E-state index contributed by atoms with van der Waals surface area (Å²) in [6.07, 6.45) is 1.08. The van der Waals surface area contributed by atoms with Crippen LogP contribution < -0.4 is 0 Å². The molecular weight excluding hydrogens is 274 g/mol. The van der Waals surface area contributed by atoms with Crippen LogP contribution in [0.5, 0.6) is 0 Å². The van der Waals surface area contributed by atoms with Crippen molar-refractivity contribution in [2.24, 2.45) is 0 Å². The lowest BCUT2D eigenvalue weighted by molar-refractivity contribution is -0.442. The van der Waals surface area contributed by atoms with E-state index in [-0.39, 0.29) is 10.3 Å². The van der Waals surface area contributed by atoms with Gasteiger partial charge in [0.1, 0.15) is 0 Å². The van der Waals surface area contributed by atoms with Gasteiger partial charge in [0.2, 0.25) is 6.54 Å². The summed E-state index contributed by atoms with van der Waals surface area (Å²) in [6.45, 7) is -0.701. The van der Waals surface area contributed by atoms with E-state index >= 15 is 0 Å². The Hall–Kier alpha value is -2.89. The van der Waals surface area contributed by atoms with Crippen LogP contribution in [0.1, 0.15) is 15.9 Å². The number of aliphatic carboxylic acids is 1. The van der Waals surface area contributed by atoms with E-state index in [9.17, 15) is 14.8 Å². The van der Waals surface area contributed by atoms with Crippen molar-refractivity contribution in [2.45, 2.75) is 0 Å². The lowest BCUT2D eigenvalue weighted by atomic mass is 9.99. The van der Waals surface area contributed by atoms with Crippen LogP contribution in [0.3, 0.4) is 0 Å². The molecule has 108 valence electrons. The monoisotopic (exact) mass is 287 g/mol. The van der Waals surface area contributed by atoms with E-state index in [0.717, 1.165) is 11.6 Å². The normalized spacial score (nSPS) is 11.4. The molecule has 0 fully saturated rings. The van der Waals surface area contributed by atoms with Crippen LogP contribution >= 0.6 is 0 Å². The van der Waals surface area contributed by atoms with Gasteiger partial charge in [0.15, 0.2) is 6.21 Å². The average Bonchev–Trinajstić information content (AvgIpc) is 2.45. The van der Waals surface area contributed by atoms with E-state index in [1.54, 1.807) is 24.3 Å². The highest BCUT2D eigenvalue weighted by molar-refractivity contribution is 6.10. The molecule has 6 heteroatoms. The molecule has 0 heterocycles. The zero-order valence-electron chi connectivity index (χ0n) is 11.3. The Morgan fingerprint density at radius 3 is 2.67 bits per heavy atom. The third-order valence-corrected chi connectivity index (χ3v) is 2.92. The number of methoxy groups -OCH3 is 1. The largest absolute Gasteiger partial charge is 0.623 e. The molecule has 0 aliphatic heterocycles. The molecule has 0 aliphatic rings. The van der Waals surface area contributed by atoms with Gasteiger partial charge in [0.05, 0.1) is 18.2 Å². The molecule has 0 radical (unpaired) electrons. The van der Waals surface area contributed by atoms with E-state index in [1.807, 2.05) is 12.1 Å². The van der Waals surface area contributed by atoms with Crippen LogP contribution in [0.4, 0.5) is 0 Å². The van der Waals surface area contributed by atoms with Gasteiger partial charge in [-0.3, -0.25) is 0 Å². The fourth-order valence-electron chi connectivity index (χ4n) is 2.06. The number of carbonyl (C=O) groups excluding carboxylic acids is 1. The Kier molecular flexibility index (Phi) is 4.18. The molecule has 1 N–H and O–H groups in total. The zero-order valence-corrected chi connectivity index (χ0v) is 11.3. The van der Waals surface area contributed by atoms with Crippen LogP contribution in [-0.2, 0) is 9.53 Å². The van der Waals surface area contributed by atoms with E-state index in [2.05, 4.69) is 0 Å². The lowest BCUT2D eigenvalue weighted by Gasteiger charge is -2.08. The van der Waals surface area contributed by atoms with E-state index < -0.39 is 18.5 Å². The highest BCUT2D eigenvalue weighted by Gasteiger charge is 2.17. The fraction of sp³-hybridized carbons (Fsp3) is 0.133. The molecule has 2 aromatic rings. The Labute approximate surface area is 120 Å². The fourth-order valence-corrected chi connectivity index (χ4v) is 2.06. The van der Waals surface area contributed by atoms with Gasteiger partial charge in [-0.15, -0.1) is 0 Å².